The summed E-state index contributed by atoms with van der Waals surface area (Å²) in [6.07, 6.45) is 4.96. The minimum atomic E-state index is -0.314. The van der Waals surface area contributed by atoms with Crippen molar-refractivity contribution in [2.24, 2.45) is 0 Å². The second-order valence-corrected chi connectivity index (χ2v) is 5.23. The molecule has 3 nitrogen and oxygen atoms in total. The number of carbonyl (C=O) groups excluding carboxylic acids is 1. The lowest BCUT2D eigenvalue weighted by molar-refractivity contribution is -0.140. The number of hydrogen-bond acceptors (Lipinski definition) is 3. The van der Waals surface area contributed by atoms with Crippen molar-refractivity contribution in [3.8, 4) is 0 Å². The van der Waals surface area contributed by atoms with Gasteiger partial charge in [0.15, 0.2) is 0 Å². The van der Waals surface area contributed by atoms with Crippen LogP contribution in [0.4, 0.5) is 0 Å². The molecule has 3 heteroatoms. The first-order chi connectivity index (χ1) is 7.89. The van der Waals surface area contributed by atoms with E-state index in [1.165, 1.54) is 25.7 Å². The fraction of sp³-hybridized carbons (Fsp3) is 0.786. The first kappa shape index (κ1) is 16.2. The fourth-order valence-electron chi connectivity index (χ4n) is 1.40. The Kier molecular flexibility index (Phi) is 7.88. The van der Waals surface area contributed by atoms with Gasteiger partial charge in [-0.25, -0.2) is 4.79 Å². The molecule has 0 fully saturated rings. The van der Waals surface area contributed by atoms with Crippen molar-refractivity contribution in [1.82, 2.24) is 5.32 Å². The Bertz CT molecular complexity index is 247. The van der Waals surface area contributed by atoms with E-state index in [9.17, 15) is 4.79 Å². The second kappa shape index (κ2) is 8.29. The number of unbranched alkanes of at least 4 members (excludes halogenated alkanes) is 3. The number of ether oxygens (including phenoxy) is 1. The van der Waals surface area contributed by atoms with E-state index in [0.29, 0.717) is 12.2 Å². The van der Waals surface area contributed by atoms with Crippen LogP contribution < -0.4 is 5.32 Å². The van der Waals surface area contributed by atoms with Gasteiger partial charge < -0.3 is 10.1 Å². The molecule has 17 heavy (non-hydrogen) atoms. The third-order valence-corrected chi connectivity index (χ3v) is 2.55. The molecule has 0 radical (unpaired) electrons. The Labute approximate surface area is 106 Å². The van der Waals surface area contributed by atoms with Crippen LogP contribution in [0.3, 0.4) is 0 Å². The van der Waals surface area contributed by atoms with Crippen molar-refractivity contribution < 1.29 is 9.53 Å². The molecule has 0 saturated heterocycles. The maximum absolute atomic E-state index is 11.3. The molecule has 0 aromatic heterocycles. The number of nitrogens with one attached hydrogen (secondary N) is 1. The highest BCUT2D eigenvalue weighted by molar-refractivity contribution is 5.86. The van der Waals surface area contributed by atoms with Crippen LogP contribution in [0, 0.1) is 0 Å². The predicted octanol–water partition coefficient (Wildman–Crippen LogP) is 3.05. The van der Waals surface area contributed by atoms with E-state index >= 15 is 0 Å². The molecule has 1 N–H and O–H groups in total. The molecule has 0 aliphatic rings. The molecule has 0 spiro atoms. The lowest BCUT2D eigenvalue weighted by Crippen LogP contribution is -2.44. The van der Waals surface area contributed by atoms with Crippen LogP contribution >= 0.6 is 0 Å². The normalized spacial score (nSPS) is 11.3. The highest BCUT2D eigenvalue weighted by Gasteiger charge is 2.19. The molecule has 0 atom stereocenters. The van der Waals surface area contributed by atoms with E-state index in [0.717, 1.165) is 6.54 Å². The SMILES string of the molecule is C=C(C)C(=O)OCC(C)(C)NCCCCCC. The van der Waals surface area contributed by atoms with Crippen LogP contribution in [0.25, 0.3) is 0 Å². The number of carbonyl (C=O) groups is 1. The first-order valence-electron chi connectivity index (χ1n) is 6.46. The van der Waals surface area contributed by atoms with Gasteiger partial charge in [-0.2, -0.15) is 0 Å². The number of esters is 1. The van der Waals surface area contributed by atoms with Gasteiger partial charge in [-0.15, -0.1) is 0 Å². The summed E-state index contributed by atoms with van der Waals surface area (Å²) in [5, 5.41) is 3.41. The third kappa shape index (κ3) is 8.93. The molecule has 0 heterocycles. The molecule has 0 aromatic carbocycles. The Hall–Kier alpha value is -0.830. The molecular weight excluding hydrogens is 214 g/mol. The van der Waals surface area contributed by atoms with Crippen LogP contribution in [-0.4, -0.2) is 24.7 Å². The van der Waals surface area contributed by atoms with Crippen molar-refractivity contribution in [2.75, 3.05) is 13.2 Å². The standard InChI is InChI=1S/C14H27NO2/c1-6-7-8-9-10-15-14(4,5)11-17-13(16)12(2)3/h15H,2,6-11H2,1,3-5H3. The number of rotatable bonds is 9. The molecule has 0 bridgehead atoms. The lowest BCUT2D eigenvalue weighted by atomic mass is 10.1. The van der Waals surface area contributed by atoms with Gasteiger partial charge in [0.2, 0.25) is 0 Å². The van der Waals surface area contributed by atoms with Crippen molar-refractivity contribution >= 4 is 5.97 Å². The van der Waals surface area contributed by atoms with Crippen LogP contribution in [0.5, 0.6) is 0 Å². The topological polar surface area (TPSA) is 38.3 Å². The zero-order valence-corrected chi connectivity index (χ0v) is 11.8. The lowest BCUT2D eigenvalue weighted by Gasteiger charge is -2.26. The van der Waals surface area contributed by atoms with Crippen LogP contribution in [0.2, 0.25) is 0 Å². The zero-order chi connectivity index (χ0) is 13.3. The van der Waals surface area contributed by atoms with Crippen LogP contribution in [-0.2, 0) is 9.53 Å². The molecule has 0 aliphatic heterocycles. The van der Waals surface area contributed by atoms with E-state index in [4.69, 9.17) is 4.74 Å². The maximum atomic E-state index is 11.3. The Morgan fingerprint density at radius 2 is 1.94 bits per heavy atom. The average Bonchev–Trinajstić information content (AvgIpc) is 2.25. The maximum Gasteiger partial charge on any atom is 0.333 e. The van der Waals surface area contributed by atoms with Gasteiger partial charge in [0.25, 0.3) is 0 Å². The molecule has 0 rings (SSSR count). The molecule has 100 valence electrons. The number of hydrogen-bond donors (Lipinski definition) is 1. The van der Waals surface area contributed by atoms with Gasteiger partial charge in [0.05, 0.1) is 0 Å². The van der Waals surface area contributed by atoms with Crippen molar-refractivity contribution in [2.45, 2.75) is 58.9 Å². The molecular formula is C14H27NO2. The smallest absolute Gasteiger partial charge is 0.333 e. The van der Waals surface area contributed by atoms with E-state index in [1.807, 2.05) is 13.8 Å². The third-order valence-electron chi connectivity index (χ3n) is 2.55. The second-order valence-electron chi connectivity index (χ2n) is 5.23. The fourth-order valence-corrected chi connectivity index (χ4v) is 1.40. The van der Waals surface area contributed by atoms with E-state index < -0.39 is 0 Å². The molecule has 0 aliphatic carbocycles. The largest absolute Gasteiger partial charge is 0.460 e. The van der Waals surface area contributed by atoms with Crippen molar-refractivity contribution in [3.05, 3.63) is 12.2 Å². The van der Waals surface area contributed by atoms with E-state index in [-0.39, 0.29) is 11.5 Å². The summed E-state index contributed by atoms with van der Waals surface area (Å²) in [6, 6.07) is 0. The summed E-state index contributed by atoms with van der Waals surface area (Å²) in [5.41, 5.74) is 0.279. The van der Waals surface area contributed by atoms with Crippen LogP contribution in [0.1, 0.15) is 53.4 Å². The molecule has 0 unspecified atom stereocenters. The Balaban J connectivity index is 3.72. The summed E-state index contributed by atoms with van der Waals surface area (Å²) in [6.45, 7) is 12.9. The zero-order valence-electron chi connectivity index (χ0n) is 11.8. The summed E-state index contributed by atoms with van der Waals surface area (Å²) < 4.78 is 5.15. The highest BCUT2D eigenvalue weighted by Crippen LogP contribution is 2.06. The quantitative estimate of drug-likeness (QED) is 0.383. The van der Waals surface area contributed by atoms with Crippen molar-refractivity contribution in [3.63, 3.8) is 0 Å². The van der Waals surface area contributed by atoms with Gasteiger partial charge in [0.1, 0.15) is 6.61 Å². The summed E-state index contributed by atoms with van der Waals surface area (Å²) >= 11 is 0. The predicted molar refractivity (Wildman–Crippen MR) is 72.0 cm³/mol. The van der Waals surface area contributed by atoms with Gasteiger partial charge >= 0.3 is 5.97 Å². The summed E-state index contributed by atoms with van der Waals surface area (Å²) in [5.74, 6) is -0.314. The molecule has 0 aromatic rings. The van der Waals surface area contributed by atoms with E-state index in [1.54, 1.807) is 6.92 Å². The van der Waals surface area contributed by atoms with Crippen molar-refractivity contribution in [1.29, 1.82) is 0 Å². The minimum Gasteiger partial charge on any atom is -0.460 e. The first-order valence-corrected chi connectivity index (χ1v) is 6.46. The highest BCUT2D eigenvalue weighted by atomic mass is 16.5. The Morgan fingerprint density at radius 3 is 2.47 bits per heavy atom. The molecule has 0 amide bonds. The Morgan fingerprint density at radius 1 is 1.29 bits per heavy atom. The monoisotopic (exact) mass is 241 g/mol. The van der Waals surface area contributed by atoms with Gasteiger partial charge in [0, 0.05) is 11.1 Å². The molecule has 0 saturated carbocycles. The average molecular weight is 241 g/mol. The summed E-state index contributed by atoms with van der Waals surface area (Å²) in [7, 11) is 0. The van der Waals surface area contributed by atoms with E-state index in [2.05, 4.69) is 18.8 Å². The van der Waals surface area contributed by atoms with Gasteiger partial charge in [-0.05, 0) is 33.7 Å². The van der Waals surface area contributed by atoms with Gasteiger partial charge in [-0.3, -0.25) is 0 Å². The van der Waals surface area contributed by atoms with Gasteiger partial charge in [-0.1, -0.05) is 32.8 Å². The summed E-state index contributed by atoms with van der Waals surface area (Å²) in [4.78, 5) is 11.3. The minimum absolute atomic E-state index is 0.169. The van der Waals surface area contributed by atoms with Crippen LogP contribution in [0.15, 0.2) is 12.2 Å².